The Morgan fingerprint density at radius 3 is 2.47 bits per heavy atom. The summed E-state index contributed by atoms with van der Waals surface area (Å²) in [7, 11) is -1.59. The summed E-state index contributed by atoms with van der Waals surface area (Å²) in [6, 6.07) is 1.98. The number of amides is 2. The fourth-order valence-corrected chi connectivity index (χ4v) is 2.82. The molecule has 0 aromatic heterocycles. The van der Waals surface area contributed by atoms with Crippen LogP contribution in [0.25, 0.3) is 0 Å². The van der Waals surface area contributed by atoms with E-state index >= 15 is 0 Å². The van der Waals surface area contributed by atoms with Crippen molar-refractivity contribution < 1.29 is 39.4 Å². The second-order valence-corrected chi connectivity index (χ2v) is 7.03. The highest BCUT2D eigenvalue weighted by atomic mass is 16.5. The summed E-state index contributed by atoms with van der Waals surface area (Å²) >= 11 is 0. The predicted molar refractivity (Wildman–Crippen MR) is 105 cm³/mol. The summed E-state index contributed by atoms with van der Waals surface area (Å²) in [6.45, 7) is 1.67. The van der Waals surface area contributed by atoms with Gasteiger partial charge in [-0.2, -0.15) is 0 Å². The molecule has 0 aliphatic carbocycles. The molecule has 164 valence electrons. The van der Waals surface area contributed by atoms with Crippen LogP contribution in [0.5, 0.6) is 11.5 Å². The van der Waals surface area contributed by atoms with Crippen LogP contribution >= 0.6 is 0 Å². The summed E-state index contributed by atoms with van der Waals surface area (Å²) in [5.41, 5.74) is 10.8. The quantitative estimate of drug-likeness (QED) is 0.163. The Balaban J connectivity index is 2.00. The molecule has 1 saturated heterocycles. The summed E-state index contributed by atoms with van der Waals surface area (Å²) < 4.78 is 5.60. The van der Waals surface area contributed by atoms with Crippen molar-refractivity contribution in [1.82, 2.24) is 10.2 Å². The molecule has 2 rings (SSSR count). The van der Waals surface area contributed by atoms with E-state index in [9.17, 15) is 24.6 Å². The van der Waals surface area contributed by atoms with Gasteiger partial charge in [-0.15, -0.1) is 0 Å². The molecule has 0 saturated carbocycles. The molecule has 2 atom stereocenters. The zero-order valence-electron chi connectivity index (χ0n) is 16.3. The van der Waals surface area contributed by atoms with Gasteiger partial charge in [0.15, 0.2) is 6.17 Å². The molecule has 1 aromatic carbocycles. The number of carbonyl (C=O) groups excluding carboxylic acids is 2. The highest BCUT2D eigenvalue weighted by Gasteiger charge is 2.36. The van der Waals surface area contributed by atoms with Gasteiger partial charge in [0.1, 0.15) is 23.2 Å². The van der Waals surface area contributed by atoms with Crippen molar-refractivity contribution in [3.63, 3.8) is 0 Å². The predicted octanol–water partition coefficient (Wildman–Crippen LogP) is -2.56. The normalized spacial score (nSPS) is 15.7. The number of carboxylic acids is 1. The van der Waals surface area contributed by atoms with Crippen LogP contribution in [0.4, 0.5) is 0 Å². The van der Waals surface area contributed by atoms with E-state index in [1.807, 2.05) is 0 Å². The zero-order valence-corrected chi connectivity index (χ0v) is 16.3. The van der Waals surface area contributed by atoms with Crippen LogP contribution in [0.2, 0.25) is 6.32 Å². The summed E-state index contributed by atoms with van der Waals surface area (Å²) in [4.78, 5) is 36.6. The lowest BCUT2D eigenvalue weighted by Gasteiger charge is -2.40. The van der Waals surface area contributed by atoms with E-state index < -0.39 is 54.5 Å². The first-order chi connectivity index (χ1) is 14.0. The molecule has 13 heteroatoms. The Kier molecular flexibility index (Phi) is 7.62. The van der Waals surface area contributed by atoms with Crippen LogP contribution in [0.1, 0.15) is 22.8 Å². The molecule has 2 amide bonds. The minimum atomic E-state index is -1.59. The number of aromatic carboxylic acids is 1. The van der Waals surface area contributed by atoms with Crippen LogP contribution in [-0.4, -0.2) is 81.5 Å². The van der Waals surface area contributed by atoms with Crippen LogP contribution in [0, 0.1) is 0 Å². The first-order valence-corrected chi connectivity index (χ1v) is 9.22. The highest BCUT2D eigenvalue weighted by molar-refractivity contribution is 6.41. The standard InChI is InChI=1S/C17H25BN4O8/c1-8(19)15(24)21-14(20)16(25)22-6-10(7-22)30-11-3-2-9(4-5-18(28)29)13(23)12(11)17(26)27/h2-3,8,10,14,23,28-29H,4-7,19-20H2,1H3,(H,21,24)(H,26,27)/t8-,14+/m1/s1. The van der Waals surface area contributed by atoms with Gasteiger partial charge in [-0.3, -0.25) is 9.59 Å². The number of nitrogens with two attached hydrogens (primary N) is 2. The smallest absolute Gasteiger partial charge is 0.451 e. The third-order valence-electron chi connectivity index (χ3n) is 4.54. The number of carboxylic acid groups (broad SMARTS) is 1. The van der Waals surface area contributed by atoms with Gasteiger partial charge in [-0.25, -0.2) is 4.79 Å². The lowest BCUT2D eigenvalue weighted by atomic mass is 9.82. The lowest BCUT2D eigenvalue weighted by molar-refractivity contribution is -0.144. The molecule has 1 heterocycles. The second kappa shape index (κ2) is 9.76. The third kappa shape index (κ3) is 5.60. The fraction of sp³-hybridized carbons (Fsp3) is 0.471. The molecule has 1 aromatic rings. The summed E-state index contributed by atoms with van der Waals surface area (Å²) in [5.74, 6) is -3.13. The SMILES string of the molecule is C[C@@H](N)C(=O)N[C@H](N)C(=O)N1CC(Oc2ccc(CCB(O)O)c(O)c2C(=O)O)C1. The van der Waals surface area contributed by atoms with E-state index in [4.69, 9.17) is 26.3 Å². The van der Waals surface area contributed by atoms with Crippen molar-refractivity contribution in [2.75, 3.05) is 13.1 Å². The minimum Gasteiger partial charge on any atom is -0.507 e. The van der Waals surface area contributed by atoms with Gasteiger partial charge in [0.2, 0.25) is 5.91 Å². The van der Waals surface area contributed by atoms with E-state index in [0.29, 0.717) is 0 Å². The zero-order chi connectivity index (χ0) is 22.6. The van der Waals surface area contributed by atoms with E-state index in [0.717, 1.165) is 0 Å². The molecule has 0 spiro atoms. The molecule has 1 aliphatic heterocycles. The Bertz CT molecular complexity index is 813. The molecule has 0 radical (unpaired) electrons. The molecule has 9 N–H and O–H groups in total. The van der Waals surface area contributed by atoms with Crippen molar-refractivity contribution in [1.29, 1.82) is 0 Å². The molecule has 12 nitrogen and oxygen atoms in total. The maximum Gasteiger partial charge on any atom is 0.451 e. The van der Waals surface area contributed by atoms with Crippen LogP contribution in [-0.2, 0) is 16.0 Å². The number of likely N-dealkylation sites (tertiary alicyclic amines) is 1. The molecule has 1 aliphatic rings. The lowest BCUT2D eigenvalue weighted by Crippen LogP contribution is -2.63. The van der Waals surface area contributed by atoms with Gasteiger partial charge in [-0.05, 0) is 31.3 Å². The number of nitrogens with one attached hydrogen (secondary N) is 1. The van der Waals surface area contributed by atoms with Gasteiger partial charge >= 0.3 is 13.1 Å². The fourth-order valence-electron chi connectivity index (χ4n) is 2.82. The van der Waals surface area contributed by atoms with Crippen molar-refractivity contribution in [3.8, 4) is 11.5 Å². The largest absolute Gasteiger partial charge is 0.507 e. The first kappa shape index (κ1) is 23.4. The number of rotatable bonds is 9. The van der Waals surface area contributed by atoms with Gasteiger partial charge in [0.25, 0.3) is 5.91 Å². The number of ether oxygens (including phenoxy) is 1. The molecular formula is C17H25BN4O8. The Hall–Kier alpha value is -2.87. The van der Waals surface area contributed by atoms with Crippen LogP contribution < -0.4 is 21.5 Å². The van der Waals surface area contributed by atoms with Crippen molar-refractivity contribution in [3.05, 3.63) is 23.3 Å². The number of carbonyl (C=O) groups is 3. The topological polar surface area (TPSA) is 209 Å². The Morgan fingerprint density at radius 1 is 1.30 bits per heavy atom. The maximum atomic E-state index is 12.2. The van der Waals surface area contributed by atoms with Gasteiger partial charge < -0.3 is 46.7 Å². The molecule has 30 heavy (non-hydrogen) atoms. The number of nitrogens with zero attached hydrogens (tertiary/aromatic N) is 1. The Morgan fingerprint density at radius 2 is 1.93 bits per heavy atom. The number of phenols is 1. The van der Waals surface area contributed by atoms with E-state index in [2.05, 4.69) is 5.32 Å². The average Bonchev–Trinajstić information content (AvgIpc) is 2.62. The second-order valence-electron chi connectivity index (χ2n) is 7.03. The van der Waals surface area contributed by atoms with Gasteiger partial charge in [0, 0.05) is 0 Å². The molecule has 0 unspecified atom stereocenters. The number of hydrogen-bond donors (Lipinski definition) is 7. The number of aryl methyl sites for hydroxylation is 1. The van der Waals surface area contributed by atoms with Crippen molar-refractivity contribution in [2.45, 2.75) is 38.0 Å². The van der Waals surface area contributed by atoms with Crippen molar-refractivity contribution in [2.24, 2.45) is 11.5 Å². The van der Waals surface area contributed by atoms with E-state index in [1.165, 1.54) is 24.0 Å². The first-order valence-electron chi connectivity index (χ1n) is 9.22. The molecule has 1 fully saturated rings. The number of aromatic hydroxyl groups is 1. The number of benzene rings is 1. The van der Waals surface area contributed by atoms with Crippen molar-refractivity contribution >= 4 is 24.9 Å². The maximum absolute atomic E-state index is 12.2. The van der Waals surface area contributed by atoms with E-state index in [-0.39, 0.29) is 37.1 Å². The van der Waals surface area contributed by atoms with E-state index in [1.54, 1.807) is 0 Å². The average molecular weight is 424 g/mol. The monoisotopic (exact) mass is 424 g/mol. The highest BCUT2D eigenvalue weighted by Crippen LogP contribution is 2.33. The van der Waals surface area contributed by atoms with Gasteiger partial charge in [0.05, 0.1) is 19.1 Å². The summed E-state index contributed by atoms with van der Waals surface area (Å²) in [5, 5.41) is 39.8. The van der Waals surface area contributed by atoms with Crippen LogP contribution in [0.15, 0.2) is 12.1 Å². The molecule has 0 bridgehead atoms. The third-order valence-corrected chi connectivity index (χ3v) is 4.54. The summed E-state index contributed by atoms with van der Waals surface area (Å²) in [6.07, 6.45) is -1.82. The minimum absolute atomic E-state index is 0.0563. The Labute approximate surface area is 172 Å². The van der Waals surface area contributed by atoms with Crippen LogP contribution in [0.3, 0.4) is 0 Å². The number of hydrogen-bond acceptors (Lipinski definition) is 9. The van der Waals surface area contributed by atoms with Gasteiger partial charge in [-0.1, -0.05) is 6.07 Å². The molecular weight excluding hydrogens is 399 g/mol.